The van der Waals surface area contributed by atoms with Crippen LogP contribution in [0.2, 0.25) is 20.1 Å². The Kier molecular flexibility index (Phi) is 5.75. The number of hydrogen-bond donors (Lipinski definition) is 1. The van der Waals surface area contributed by atoms with Gasteiger partial charge in [0, 0.05) is 5.69 Å². The fourth-order valence-corrected chi connectivity index (χ4v) is 2.56. The number of carbonyl (C=O) groups excluding carboxylic acids is 1. The van der Waals surface area contributed by atoms with Crippen LogP contribution in [0.1, 0.15) is 0 Å². The number of amides is 1. The van der Waals surface area contributed by atoms with Crippen molar-refractivity contribution >= 4 is 58.0 Å². The fraction of sp³-hybridized carbons (Fsp3) is 0.0714. The van der Waals surface area contributed by atoms with Crippen molar-refractivity contribution in [2.75, 3.05) is 11.9 Å². The zero-order valence-electron chi connectivity index (χ0n) is 10.8. The van der Waals surface area contributed by atoms with Crippen molar-refractivity contribution in [2.45, 2.75) is 0 Å². The summed E-state index contributed by atoms with van der Waals surface area (Å²) in [6.07, 6.45) is 0. The Bertz CT molecular complexity index is 707. The number of benzene rings is 2. The molecule has 0 bridgehead atoms. The van der Waals surface area contributed by atoms with Gasteiger partial charge in [-0.05, 0) is 30.3 Å². The van der Waals surface area contributed by atoms with E-state index in [1.54, 1.807) is 0 Å². The van der Waals surface area contributed by atoms with Crippen LogP contribution in [0.4, 0.5) is 10.1 Å². The van der Waals surface area contributed by atoms with Crippen molar-refractivity contribution in [2.24, 2.45) is 0 Å². The van der Waals surface area contributed by atoms with Crippen LogP contribution in [-0.2, 0) is 4.79 Å². The maximum Gasteiger partial charge on any atom is 0.262 e. The predicted molar refractivity (Wildman–Crippen MR) is 87.0 cm³/mol. The van der Waals surface area contributed by atoms with Gasteiger partial charge in [-0.3, -0.25) is 4.79 Å². The SMILES string of the molecule is O=C(COc1c(Cl)cc(Cl)c(Cl)c1Cl)Nc1ccc(F)cc1. The lowest BCUT2D eigenvalue weighted by atomic mass is 10.3. The van der Waals surface area contributed by atoms with E-state index in [0.717, 1.165) is 0 Å². The first-order chi connectivity index (χ1) is 10.4. The quantitative estimate of drug-likeness (QED) is 0.563. The molecule has 0 saturated carbocycles. The minimum Gasteiger partial charge on any atom is -0.481 e. The highest BCUT2D eigenvalue weighted by atomic mass is 35.5. The Labute approximate surface area is 145 Å². The van der Waals surface area contributed by atoms with E-state index in [1.165, 1.54) is 30.3 Å². The number of hydrogen-bond acceptors (Lipinski definition) is 2. The predicted octanol–water partition coefficient (Wildman–Crippen LogP) is 5.46. The average Bonchev–Trinajstić information content (AvgIpc) is 2.47. The molecular weight excluding hydrogens is 375 g/mol. The molecule has 116 valence electrons. The van der Waals surface area contributed by atoms with Crippen molar-refractivity contribution in [1.82, 2.24) is 0 Å². The van der Waals surface area contributed by atoms with Crippen LogP contribution in [0.25, 0.3) is 0 Å². The van der Waals surface area contributed by atoms with Gasteiger partial charge in [-0.1, -0.05) is 46.4 Å². The summed E-state index contributed by atoms with van der Waals surface area (Å²) in [6.45, 7) is -0.352. The highest BCUT2D eigenvalue weighted by molar-refractivity contribution is 6.50. The number of carbonyl (C=O) groups is 1. The highest BCUT2D eigenvalue weighted by Gasteiger charge is 2.16. The molecule has 22 heavy (non-hydrogen) atoms. The van der Waals surface area contributed by atoms with Crippen LogP contribution in [0.5, 0.6) is 5.75 Å². The normalized spacial score (nSPS) is 10.4. The maximum atomic E-state index is 12.8. The lowest BCUT2D eigenvalue weighted by Gasteiger charge is -2.12. The van der Waals surface area contributed by atoms with Gasteiger partial charge in [0.2, 0.25) is 0 Å². The number of ether oxygens (including phenoxy) is 1. The summed E-state index contributed by atoms with van der Waals surface area (Å²) in [7, 11) is 0. The van der Waals surface area contributed by atoms with E-state index in [2.05, 4.69) is 5.32 Å². The molecule has 0 aliphatic carbocycles. The molecule has 2 aromatic rings. The van der Waals surface area contributed by atoms with Crippen LogP contribution in [0, 0.1) is 5.82 Å². The van der Waals surface area contributed by atoms with E-state index in [-0.39, 0.29) is 32.4 Å². The van der Waals surface area contributed by atoms with Crippen LogP contribution in [0.15, 0.2) is 30.3 Å². The van der Waals surface area contributed by atoms with Gasteiger partial charge in [-0.15, -0.1) is 0 Å². The third kappa shape index (κ3) is 4.17. The van der Waals surface area contributed by atoms with E-state index in [9.17, 15) is 9.18 Å². The standard InChI is InChI=1S/C14H8Cl4FNO2/c15-9-5-10(16)14(13(18)12(9)17)22-6-11(21)20-8-3-1-7(19)2-4-8/h1-5H,6H2,(H,20,21). The topological polar surface area (TPSA) is 38.3 Å². The number of halogens is 5. The molecule has 0 fully saturated rings. The number of anilines is 1. The monoisotopic (exact) mass is 381 g/mol. The van der Waals surface area contributed by atoms with Crippen molar-refractivity contribution < 1.29 is 13.9 Å². The molecule has 0 radical (unpaired) electrons. The minimum absolute atomic E-state index is 0.0220. The first kappa shape index (κ1) is 17.2. The van der Waals surface area contributed by atoms with Crippen LogP contribution in [0.3, 0.4) is 0 Å². The Hall–Kier alpha value is -1.20. The molecule has 0 aliphatic heterocycles. The molecule has 0 saturated heterocycles. The number of nitrogens with one attached hydrogen (secondary N) is 1. The van der Waals surface area contributed by atoms with Crippen molar-refractivity contribution in [3.63, 3.8) is 0 Å². The largest absolute Gasteiger partial charge is 0.481 e. The summed E-state index contributed by atoms with van der Waals surface area (Å²) in [5.74, 6) is -0.805. The summed E-state index contributed by atoms with van der Waals surface area (Å²) in [5, 5.41) is 2.95. The molecule has 8 heteroatoms. The second-order valence-corrected chi connectivity index (χ2v) is 5.71. The summed E-state index contributed by atoms with van der Waals surface area (Å²) in [6, 6.07) is 6.66. The smallest absolute Gasteiger partial charge is 0.262 e. The zero-order valence-corrected chi connectivity index (χ0v) is 13.8. The lowest BCUT2D eigenvalue weighted by molar-refractivity contribution is -0.118. The molecule has 0 heterocycles. The molecule has 0 spiro atoms. The molecule has 0 aromatic heterocycles. The van der Waals surface area contributed by atoms with Crippen LogP contribution < -0.4 is 10.1 Å². The zero-order chi connectivity index (χ0) is 16.3. The Morgan fingerprint density at radius 2 is 1.68 bits per heavy atom. The molecule has 0 atom stereocenters. The molecule has 2 rings (SSSR count). The van der Waals surface area contributed by atoms with Gasteiger partial charge in [0.05, 0.1) is 15.1 Å². The third-order valence-corrected chi connectivity index (χ3v) is 4.07. The summed E-state index contributed by atoms with van der Waals surface area (Å²) >= 11 is 23.6. The van der Waals surface area contributed by atoms with Crippen molar-refractivity contribution in [3.05, 3.63) is 56.2 Å². The first-order valence-electron chi connectivity index (χ1n) is 5.89. The second-order valence-electron chi connectivity index (χ2n) is 4.14. The van der Waals surface area contributed by atoms with Gasteiger partial charge < -0.3 is 10.1 Å². The van der Waals surface area contributed by atoms with Gasteiger partial charge in [0.15, 0.2) is 12.4 Å². The van der Waals surface area contributed by atoms with Crippen LogP contribution in [-0.4, -0.2) is 12.5 Å². The molecule has 1 amide bonds. The summed E-state index contributed by atoms with van der Waals surface area (Å²) < 4.78 is 18.0. The second kappa shape index (κ2) is 7.38. The van der Waals surface area contributed by atoms with Gasteiger partial charge in [-0.2, -0.15) is 0 Å². The van der Waals surface area contributed by atoms with Crippen molar-refractivity contribution in [3.8, 4) is 5.75 Å². The van der Waals surface area contributed by atoms with Gasteiger partial charge in [0.25, 0.3) is 5.91 Å². The first-order valence-corrected chi connectivity index (χ1v) is 7.41. The molecule has 1 N–H and O–H groups in total. The summed E-state index contributed by atoms with van der Waals surface area (Å²) in [4.78, 5) is 11.8. The minimum atomic E-state index is -0.468. The molecule has 0 aliphatic rings. The van der Waals surface area contributed by atoms with Gasteiger partial charge in [0.1, 0.15) is 10.8 Å². The lowest BCUT2D eigenvalue weighted by Crippen LogP contribution is -2.20. The van der Waals surface area contributed by atoms with E-state index >= 15 is 0 Å². The van der Waals surface area contributed by atoms with E-state index in [1.807, 2.05) is 0 Å². The number of rotatable bonds is 4. The van der Waals surface area contributed by atoms with E-state index < -0.39 is 11.7 Å². The Balaban J connectivity index is 2.02. The van der Waals surface area contributed by atoms with E-state index in [4.69, 9.17) is 51.1 Å². The average molecular weight is 383 g/mol. The molecular formula is C14H8Cl4FNO2. The van der Waals surface area contributed by atoms with Crippen molar-refractivity contribution in [1.29, 1.82) is 0 Å². The highest BCUT2D eigenvalue weighted by Crippen LogP contribution is 2.42. The molecule has 2 aromatic carbocycles. The Morgan fingerprint density at radius 1 is 1.05 bits per heavy atom. The van der Waals surface area contributed by atoms with Gasteiger partial charge >= 0.3 is 0 Å². The van der Waals surface area contributed by atoms with Crippen LogP contribution >= 0.6 is 46.4 Å². The summed E-state index contributed by atoms with van der Waals surface area (Å²) in [5.41, 5.74) is 0.432. The molecule has 0 unspecified atom stereocenters. The fourth-order valence-electron chi connectivity index (χ4n) is 1.55. The van der Waals surface area contributed by atoms with E-state index in [0.29, 0.717) is 5.69 Å². The van der Waals surface area contributed by atoms with Gasteiger partial charge in [-0.25, -0.2) is 4.39 Å². The Morgan fingerprint density at radius 3 is 2.32 bits per heavy atom. The maximum absolute atomic E-state index is 12.8. The molecule has 3 nitrogen and oxygen atoms in total. The third-order valence-electron chi connectivity index (χ3n) is 2.55.